The van der Waals surface area contributed by atoms with Gasteiger partial charge in [0.25, 0.3) is 0 Å². The van der Waals surface area contributed by atoms with Gasteiger partial charge < -0.3 is 0 Å². The first-order valence-corrected chi connectivity index (χ1v) is 7.69. The van der Waals surface area contributed by atoms with E-state index >= 15 is 0 Å². The normalized spacial score (nSPS) is 15.0. The first-order valence-electron chi connectivity index (χ1n) is 7.31. The Labute approximate surface area is 108 Å². The van der Waals surface area contributed by atoms with E-state index in [0.717, 1.165) is 0 Å². The Bertz CT molecular complexity index is 140. The van der Waals surface area contributed by atoms with Crippen LogP contribution in [0.1, 0.15) is 91.4 Å². The van der Waals surface area contributed by atoms with Crippen molar-refractivity contribution in [3.63, 3.8) is 0 Å². The fourth-order valence-electron chi connectivity index (χ4n) is 2.14. The van der Waals surface area contributed by atoms with Crippen LogP contribution in [0.4, 0.5) is 0 Å². The van der Waals surface area contributed by atoms with Gasteiger partial charge in [-0.05, 0) is 19.8 Å². The molecule has 0 aromatic rings. The molecule has 1 heteroatoms. The van der Waals surface area contributed by atoms with E-state index in [4.69, 9.17) is 11.6 Å². The van der Waals surface area contributed by atoms with Crippen LogP contribution in [-0.2, 0) is 0 Å². The minimum Gasteiger partial charge on any atom is -0.120 e. The molecule has 0 aliphatic carbocycles. The second-order valence-electron chi connectivity index (χ2n) is 5.39. The molecule has 1 atom stereocenters. The van der Waals surface area contributed by atoms with Gasteiger partial charge in [0.15, 0.2) is 0 Å². The molecule has 0 radical (unpaired) electrons. The van der Waals surface area contributed by atoms with Crippen molar-refractivity contribution in [2.24, 2.45) is 0 Å². The van der Waals surface area contributed by atoms with Crippen molar-refractivity contribution < 1.29 is 0 Å². The highest BCUT2D eigenvalue weighted by Crippen LogP contribution is 2.28. The zero-order chi connectivity index (χ0) is 12.3. The average Bonchev–Trinajstić information content (AvgIpc) is 2.24. The molecule has 98 valence electrons. The first-order chi connectivity index (χ1) is 7.62. The molecule has 0 nitrogen and oxygen atoms in total. The van der Waals surface area contributed by atoms with Gasteiger partial charge in [0, 0.05) is 4.87 Å². The standard InChI is InChI=1S/C15H31Cl/c1-4-6-8-10-12-14-15(3,16)13-11-9-7-5-2/h4-14H2,1-3H3. The molecular weight excluding hydrogens is 216 g/mol. The van der Waals surface area contributed by atoms with Crippen LogP contribution in [0, 0.1) is 0 Å². The van der Waals surface area contributed by atoms with E-state index in [1.54, 1.807) is 0 Å². The third kappa shape index (κ3) is 10.8. The van der Waals surface area contributed by atoms with E-state index in [1.165, 1.54) is 70.6 Å². The van der Waals surface area contributed by atoms with Gasteiger partial charge in [-0.3, -0.25) is 0 Å². The largest absolute Gasteiger partial charge is 0.120 e. The van der Waals surface area contributed by atoms with Gasteiger partial charge in [0.05, 0.1) is 0 Å². The van der Waals surface area contributed by atoms with E-state index in [9.17, 15) is 0 Å². The summed E-state index contributed by atoms with van der Waals surface area (Å²) < 4.78 is 0. The van der Waals surface area contributed by atoms with Crippen molar-refractivity contribution in [1.82, 2.24) is 0 Å². The maximum atomic E-state index is 6.53. The number of hydrogen-bond acceptors (Lipinski definition) is 0. The van der Waals surface area contributed by atoms with Gasteiger partial charge in [-0.2, -0.15) is 0 Å². The molecule has 0 N–H and O–H groups in total. The van der Waals surface area contributed by atoms with E-state index in [0.29, 0.717) is 0 Å². The second kappa shape index (κ2) is 10.4. The van der Waals surface area contributed by atoms with Crippen molar-refractivity contribution in [3.05, 3.63) is 0 Å². The van der Waals surface area contributed by atoms with E-state index in [1.807, 2.05) is 0 Å². The zero-order valence-electron chi connectivity index (χ0n) is 11.7. The van der Waals surface area contributed by atoms with Crippen LogP contribution in [-0.4, -0.2) is 4.87 Å². The number of rotatable bonds is 11. The Hall–Kier alpha value is 0.290. The maximum Gasteiger partial charge on any atom is 0.0418 e. The summed E-state index contributed by atoms with van der Waals surface area (Å²) in [6, 6.07) is 0. The number of halogens is 1. The lowest BCUT2D eigenvalue weighted by atomic mass is 9.95. The molecule has 0 saturated heterocycles. The van der Waals surface area contributed by atoms with E-state index in [-0.39, 0.29) is 4.87 Å². The van der Waals surface area contributed by atoms with Gasteiger partial charge in [-0.25, -0.2) is 0 Å². The van der Waals surface area contributed by atoms with Crippen molar-refractivity contribution >= 4 is 11.6 Å². The minimum absolute atomic E-state index is 0.0694. The fraction of sp³-hybridized carbons (Fsp3) is 1.00. The lowest BCUT2D eigenvalue weighted by Gasteiger charge is -2.21. The topological polar surface area (TPSA) is 0 Å². The summed E-state index contributed by atoms with van der Waals surface area (Å²) in [5, 5.41) is 0. The zero-order valence-corrected chi connectivity index (χ0v) is 12.4. The van der Waals surface area contributed by atoms with Gasteiger partial charge in [-0.15, -0.1) is 11.6 Å². The molecule has 0 spiro atoms. The monoisotopic (exact) mass is 246 g/mol. The molecule has 16 heavy (non-hydrogen) atoms. The minimum atomic E-state index is 0.0694. The molecule has 0 aliphatic heterocycles. The Kier molecular flexibility index (Phi) is 10.6. The van der Waals surface area contributed by atoms with Gasteiger partial charge in [0.1, 0.15) is 0 Å². The summed E-state index contributed by atoms with van der Waals surface area (Å²) in [5.41, 5.74) is 0. The summed E-state index contributed by atoms with van der Waals surface area (Å²) in [6.45, 7) is 6.74. The number of alkyl halides is 1. The highest BCUT2D eigenvalue weighted by atomic mass is 35.5. The molecule has 0 heterocycles. The lowest BCUT2D eigenvalue weighted by molar-refractivity contribution is 0.464. The Balaban J connectivity index is 3.38. The van der Waals surface area contributed by atoms with Crippen molar-refractivity contribution in [3.8, 4) is 0 Å². The van der Waals surface area contributed by atoms with Crippen LogP contribution in [0.25, 0.3) is 0 Å². The van der Waals surface area contributed by atoms with Crippen molar-refractivity contribution in [2.45, 2.75) is 96.3 Å². The van der Waals surface area contributed by atoms with E-state index < -0.39 is 0 Å². The van der Waals surface area contributed by atoms with Gasteiger partial charge >= 0.3 is 0 Å². The molecule has 0 aromatic carbocycles. The predicted octanol–water partition coefficient (Wildman–Crippen LogP) is 6.31. The summed E-state index contributed by atoms with van der Waals surface area (Å²) in [5.74, 6) is 0. The third-order valence-electron chi connectivity index (χ3n) is 3.35. The molecule has 0 bridgehead atoms. The average molecular weight is 247 g/mol. The van der Waals surface area contributed by atoms with Gasteiger partial charge in [-0.1, -0.05) is 71.6 Å². The summed E-state index contributed by atoms with van der Waals surface area (Å²) >= 11 is 6.53. The molecule has 0 aromatic heterocycles. The number of unbranched alkanes of at least 4 members (excludes halogenated alkanes) is 7. The molecule has 0 fully saturated rings. The van der Waals surface area contributed by atoms with Crippen LogP contribution >= 0.6 is 11.6 Å². The molecule has 0 rings (SSSR count). The van der Waals surface area contributed by atoms with Crippen LogP contribution < -0.4 is 0 Å². The molecule has 0 saturated carbocycles. The van der Waals surface area contributed by atoms with Crippen molar-refractivity contribution in [1.29, 1.82) is 0 Å². The van der Waals surface area contributed by atoms with Crippen molar-refractivity contribution in [2.75, 3.05) is 0 Å². The first kappa shape index (κ1) is 16.3. The van der Waals surface area contributed by atoms with Crippen LogP contribution in [0.2, 0.25) is 0 Å². The summed E-state index contributed by atoms with van der Waals surface area (Å²) in [6.07, 6.45) is 14.5. The Morgan fingerprint density at radius 1 is 0.688 bits per heavy atom. The Morgan fingerprint density at radius 3 is 1.50 bits per heavy atom. The molecular formula is C15H31Cl. The molecule has 0 aliphatic rings. The highest BCUT2D eigenvalue weighted by molar-refractivity contribution is 6.23. The number of hydrogen-bond donors (Lipinski definition) is 0. The summed E-state index contributed by atoms with van der Waals surface area (Å²) in [7, 11) is 0. The molecule has 1 unspecified atom stereocenters. The SMILES string of the molecule is CCCCCCCC(C)(Cl)CCCCCC. The van der Waals surface area contributed by atoms with Crippen LogP contribution in [0.5, 0.6) is 0 Å². The van der Waals surface area contributed by atoms with Crippen LogP contribution in [0.15, 0.2) is 0 Å². The maximum absolute atomic E-state index is 6.53. The summed E-state index contributed by atoms with van der Waals surface area (Å²) in [4.78, 5) is 0.0694. The Morgan fingerprint density at radius 2 is 1.06 bits per heavy atom. The third-order valence-corrected chi connectivity index (χ3v) is 3.73. The smallest absolute Gasteiger partial charge is 0.0418 e. The second-order valence-corrected chi connectivity index (χ2v) is 6.30. The lowest BCUT2D eigenvalue weighted by Crippen LogP contribution is -2.15. The van der Waals surface area contributed by atoms with Gasteiger partial charge in [0.2, 0.25) is 0 Å². The predicted molar refractivity (Wildman–Crippen MR) is 76.4 cm³/mol. The van der Waals surface area contributed by atoms with E-state index in [2.05, 4.69) is 20.8 Å². The highest BCUT2D eigenvalue weighted by Gasteiger charge is 2.19. The fourth-order valence-corrected chi connectivity index (χ4v) is 2.41. The quantitative estimate of drug-likeness (QED) is 0.296. The van der Waals surface area contributed by atoms with Crippen LogP contribution in [0.3, 0.4) is 0 Å². The molecule has 0 amide bonds.